The summed E-state index contributed by atoms with van der Waals surface area (Å²) >= 11 is 5.91. The molecular formula is C27H32ClNO6S. The molecule has 0 spiro atoms. The van der Waals surface area contributed by atoms with Crippen LogP contribution in [0.1, 0.15) is 51.2 Å². The first kappa shape index (κ1) is 27.7. The van der Waals surface area contributed by atoms with Crippen molar-refractivity contribution < 1.29 is 27.5 Å². The molecule has 0 aromatic heterocycles. The van der Waals surface area contributed by atoms with Gasteiger partial charge in [0.05, 0.1) is 12.0 Å². The van der Waals surface area contributed by atoms with E-state index in [1.165, 1.54) is 24.3 Å². The number of nitrogens with zero attached hydrogens (tertiary/aromatic N) is 1. The number of sulfonamides is 1. The molecule has 0 unspecified atom stereocenters. The molecule has 36 heavy (non-hydrogen) atoms. The average molecular weight is 534 g/mol. The summed E-state index contributed by atoms with van der Waals surface area (Å²) in [5.41, 5.74) is 1.76. The highest BCUT2D eigenvalue weighted by Gasteiger charge is 2.33. The molecule has 0 fully saturated rings. The molecule has 2 aromatic rings. The minimum absolute atomic E-state index is 0.0463. The number of allylic oxidation sites excluding steroid dienone is 2. The number of methoxy groups -OCH3 is 1. The lowest BCUT2D eigenvalue weighted by Crippen LogP contribution is -2.41. The number of hydrogen-bond acceptors (Lipinski definition) is 6. The minimum atomic E-state index is -4.16. The SMILES string of the molecule is COC1=C(CCc2cccc(CCN(C(=O)OC(C)(C)C)S(=O)(=O)c3ccc(Cl)cc3)c2)C(=O)CC1. The van der Waals surface area contributed by atoms with E-state index < -0.39 is 21.7 Å². The molecule has 0 bridgehead atoms. The normalized spacial score (nSPS) is 14.2. The molecule has 0 saturated carbocycles. The number of halogens is 1. The predicted molar refractivity (Wildman–Crippen MR) is 138 cm³/mol. The fraction of sp³-hybridized carbons (Fsp3) is 0.407. The molecule has 3 rings (SSSR count). The maximum Gasteiger partial charge on any atom is 0.424 e. The van der Waals surface area contributed by atoms with Gasteiger partial charge in [0.15, 0.2) is 5.78 Å². The molecule has 0 N–H and O–H groups in total. The van der Waals surface area contributed by atoms with Crippen molar-refractivity contribution in [3.8, 4) is 0 Å². The summed E-state index contributed by atoms with van der Waals surface area (Å²) in [4.78, 5) is 25.0. The largest absolute Gasteiger partial charge is 0.501 e. The van der Waals surface area contributed by atoms with Gasteiger partial charge in [-0.1, -0.05) is 35.9 Å². The highest BCUT2D eigenvalue weighted by atomic mass is 35.5. The van der Waals surface area contributed by atoms with Crippen LogP contribution in [-0.2, 0) is 37.1 Å². The van der Waals surface area contributed by atoms with Crippen molar-refractivity contribution >= 4 is 33.5 Å². The van der Waals surface area contributed by atoms with Gasteiger partial charge in [0.25, 0.3) is 10.0 Å². The summed E-state index contributed by atoms with van der Waals surface area (Å²) < 4.78 is 38.2. The van der Waals surface area contributed by atoms with Gasteiger partial charge in [-0.2, -0.15) is 0 Å². The molecule has 7 nitrogen and oxygen atoms in total. The summed E-state index contributed by atoms with van der Waals surface area (Å²) in [5, 5.41) is 0.391. The average Bonchev–Trinajstić information content (AvgIpc) is 3.16. The molecule has 2 aromatic carbocycles. The first-order valence-electron chi connectivity index (χ1n) is 11.8. The quantitative estimate of drug-likeness (QED) is 0.410. The van der Waals surface area contributed by atoms with Gasteiger partial charge >= 0.3 is 6.09 Å². The van der Waals surface area contributed by atoms with E-state index in [9.17, 15) is 18.0 Å². The molecule has 9 heteroatoms. The van der Waals surface area contributed by atoms with Crippen LogP contribution in [-0.4, -0.2) is 43.9 Å². The lowest BCUT2D eigenvalue weighted by molar-refractivity contribution is -0.115. The van der Waals surface area contributed by atoms with Crippen molar-refractivity contribution in [2.75, 3.05) is 13.7 Å². The van der Waals surface area contributed by atoms with Crippen molar-refractivity contribution in [3.63, 3.8) is 0 Å². The lowest BCUT2D eigenvalue weighted by Gasteiger charge is -2.27. The van der Waals surface area contributed by atoms with Crippen LogP contribution in [0.5, 0.6) is 0 Å². The zero-order chi connectivity index (χ0) is 26.5. The number of carbonyl (C=O) groups is 2. The van der Waals surface area contributed by atoms with Crippen LogP contribution in [0.2, 0.25) is 5.02 Å². The summed E-state index contributed by atoms with van der Waals surface area (Å²) in [6.07, 6.45) is 1.73. The number of amides is 1. The van der Waals surface area contributed by atoms with E-state index in [0.717, 1.165) is 26.8 Å². The molecule has 0 saturated heterocycles. The van der Waals surface area contributed by atoms with Gasteiger partial charge in [-0.3, -0.25) is 4.79 Å². The standard InChI is InChI=1S/C27H32ClNO6S/c1-27(2,3)35-26(31)29(36(32,33)22-11-9-21(28)10-12-22)17-16-20-7-5-6-19(18-20)8-13-23-24(30)14-15-25(23)34-4/h5-7,9-12,18H,8,13-17H2,1-4H3. The van der Waals surface area contributed by atoms with Crippen molar-refractivity contribution in [2.24, 2.45) is 0 Å². The van der Waals surface area contributed by atoms with Crippen LogP contribution in [0.25, 0.3) is 0 Å². The van der Waals surface area contributed by atoms with E-state index in [1.807, 2.05) is 24.3 Å². The number of ketones is 1. The van der Waals surface area contributed by atoms with Gasteiger partial charge in [-0.05, 0) is 75.4 Å². The fourth-order valence-corrected chi connectivity index (χ4v) is 5.41. The number of rotatable bonds is 9. The van der Waals surface area contributed by atoms with Crippen LogP contribution in [0.15, 0.2) is 64.8 Å². The topological polar surface area (TPSA) is 90.0 Å². The second-order valence-corrected chi connectivity index (χ2v) is 11.9. The summed E-state index contributed by atoms with van der Waals surface area (Å²) in [7, 11) is -2.58. The molecular weight excluding hydrogens is 502 g/mol. The monoisotopic (exact) mass is 533 g/mol. The second kappa shape index (κ2) is 11.5. The van der Waals surface area contributed by atoms with E-state index in [2.05, 4.69) is 0 Å². The Kier molecular flexibility index (Phi) is 8.84. The van der Waals surface area contributed by atoms with Crippen molar-refractivity contribution in [2.45, 2.75) is 63.4 Å². The number of hydrogen-bond donors (Lipinski definition) is 0. The Labute approximate surface area is 218 Å². The number of ether oxygens (including phenoxy) is 2. The van der Waals surface area contributed by atoms with Crippen LogP contribution in [0, 0.1) is 0 Å². The smallest absolute Gasteiger partial charge is 0.424 e. The molecule has 1 amide bonds. The van der Waals surface area contributed by atoms with Crippen LogP contribution in [0.3, 0.4) is 0 Å². The van der Waals surface area contributed by atoms with E-state index >= 15 is 0 Å². The molecule has 1 aliphatic carbocycles. The van der Waals surface area contributed by atoms with E-state index in [4.69, 9.17) is 21.1 Å². The molecule has 0 aliphatic heterocycles. The predicted octanol–water partition coefficient (Wildman–Crippen LogP) is 5.70. The third kappa shape index (κ3) is 7.11. The first-order chi connectivity index (χ1) is 16.9. The Balaban J connectivity index is 1.77. The van der Waals surface area contributed by atoms with Crippen LogP contribution >= 0.6 is 11.6 Å². The lowest BCUT2D eigenvalue weighted by atomic mass is 10.0. The molecule has 0 radical (unpaired) electrons. The highest BCUT2D eigenvalue weighted by Crippen LogP contribution is 2.27. The number of benzene rings is 2. The first-order valence-corrected chi connectivity index (χ1v) is 13.6. The maximum atomic E-state index is 13.3. The summed E-state index contributed by atoms with van der Waals surface area (Å²) in [6.45, 7) is 4.95. The molecule has 0 atom stereocenters. The van der Waals surface area contributed by atoms with Gasteiger partial charge in [0.1, 0.15) is 11.4 Å². The Morgan fingerprint density at radius 3 is 2.25 bits per heavy atom. The Morgan fingerprint density at radius 1 is 1.00 bits per heavy atom. The number of carbonyl (C=O) groups excluding carboxylic acids is 2. The van der Waals surface area contributed by atoms with Gasteiger partial charge in [0, 0.05) is 30.0 Å². The van der Waals surface area contributed by atoms with Crippen molar-refractivity contribution in [1.82, 2.24) is 4.31 Å². The Hall–Kier alpha value is -2.84. The van der Waals surface area contributed by atoms with Crippen LogP contribution < -0.4 is 0 Å². The van der Waals surface area contributed by atoms with Crippen molar-refractivity contribution in [1.29, 1.82) is 0 Å². The Morgan fingerprint density at radius 2 is 1.64 bits per heavy atom. The van der Waals surface area contributed by atoms with E-state index in [1.54, 1.807) is 27.9 Å². The van der Waals surface area contributed by atoms with Crippen LogP contribution in [0.4, 0.5) is 4.79 Å². The Bertz CT molecular complexity index is 1250. The summed E-state index contributed by atoms with van der Waals surface area (Å²) in [5.74, 6) is 0.889. The van der Waals surface area contributed by atoms with E-state index in [0.29, 0.717) is 37.1 Å². The highest BCUT2D eigenvalue weighted by molar-refractivity contribution is 7.89. The zero-order valence-corrected chi connectivity index (χ0v) is 22.6. The molecule has 0 heterocycles. The second-order valence-electron chi connectivity index (χ2n) is 9.61. The molecule has 194 valence electrons. The summed E-state index contributed by atoms with van der Waals surface area (Å²) in [6, 6.07) is 13.4. The molecule has 1 aliphatic rings. The van der Waals surface area contributed by atoms with E-state index in [-0.39, 0.29) is 17.2 Å². The third-order valence-corrected chi connectivity index (χ3v) is 7.79. The number of aryl methyl sites for hydroxylation is 1. The van der Waals surface area contributed by atoms with Gasteiger partial charge in [-0.25, -0.2) is 17.5 Å². The fourth-order valence-electron chi connectivity index (χ4n) is 3.99. The minimum Gasteiger partial charge on any atom is -0.501 e. The van der Waals surface area contributed by atoms with Gasteiger partial charge in [0.2, 0.25) is 0 Å². The zero-order valence-electron chi connectivity index (χ0n) is 21.0. The van der Waals surface area contributed by atoms with Gasteiger partial charge in [-0.15, -0.1) is 0 Å². The van der Waals surface area contributed by atoms with Gasteiger partial charge < -0.3 is 9.47 Å². The van der Waals surface area contributed by atoms with Crippen molar-refractivity contribution in [3.05, 3.63) is 76.0 Å². The maximum absolute atomic E-state index is 13.3. The third-order valence-electron chi connectivity index (χ3n) is 5.76. The number of Topliss-reactive ketones (excluding diaryl/α,β-unsaturated/α-hetero) is 1.